The molecule has 0 radical (unpaired) electrons. The van der Waals surface area contributed by atoms with E-state index in [4.69, 9.17) is 0 Å². The van der Waals surface area contributed by atoms with Crippen molar-refractivity contribution in [3.05, 3.63) is 24.3 Å². The lowest BCUT2D eigenvalue weighted by Crippen LogP contribution is -2.51. The van der Waals surface area contributed by atoms with Crippen LogP contribution in [0.2, 0.25) is 0 Å². The molecule has 7 atom stereocenters. The summed E-state index contributed by atoms with van der Waals surface area (Å²) in [5.41, 5.74) is 2.59. The Bertz CT molecular complexity index is 496. The second kappa shape index (κ2) is 5.21. The van der Waals surface area contributed by atoms with Crippen molar-refractivity contribution in [3.8, 4) is 0 Å². The van der Waals surface area contributed by atoms with E-state index in [0.29, 0.717) is 29.6 Å². The number of rotatable bonds is 1. The van der Waals surface area contributed by atoms with Crippen molar-refractivity contribution in [3.63, 3.8) is 0 Å². The first-order valence-electron chi connectivity index (χ1n) is 8.88. The Hall–Kier alpha value is -0.600. The van der Waals surface area contributed by atoms with Crippen LogP contribution in [0.25, 0.3) is 0 Å². The minimum atomic E-state index is -0.642. The van der Waals surface area contributed by atoms with Gasteiger partial charge in [0.25, 0.3) is 0 Å². The van der Waals surface area contributed by atoms with Gasteiger partial charge in [0.15, 0.2) is 0 Å². The van der Waals surface area contributed by atoms with E-state index in [2.05, 4.69) is 33.9 Å². The van der Waals surface area contributed by atoms with Crippen LogP contribution in [-0.4, -0.2) is 22.4 Å². The van der Waals surface area contributed by atoms with Crippen molar-refractivity contribution >= 4 is 0 Å². The Morgan fingerprint density at radius 3 is 2.50 bits per heavy atom. The van der Waals surface area contributed by atoms with Gasteiger partial charge in [0.05, 0.1) is 12.2 Å². The lowest BCUT2D eigenvalue weighted by molar-refractivity contribution is -0.102. The average Bonchev–Trinajstić information content (AvgIpc) is 2.71. The summed E-state index contributed by atoms with van der Waals surface area (Å²) in [6, 6.07) is 0. The van der Waals surface area contributed by atoms with Gasteiger partial charge in [0.1, 0.15) is 0 Å². The number of hydrogen-bond donors (Lipinski definition) is 2. The van der Waals surface area contributed by atoms with E-state index >= 15 is 0 Å². The van der Waals surface area contributed by atoms with Crippen LogP contribution >= 0.6 is 0 Å². The zero-order valence-electron chi connectivity index (χ0n) is 14.4. The zero-order valence-corrected chi connectivity index (χ0v) is 14.4. The van der Waals surface area contributed by atoms with Gasteiger partial charge in [-0.2, -0.15) is 0 Å². The molecule has 2 N–H and O–H groups in total. The fraction of sp³-hybridized carbons (Fsp3) is 0.800. The van der Waals surface area contributed by atoms with E-state index in [9.17, 15) is 10.2 Å². The van der Waals surface area contributed by atoms with Crippen molar-refractivity contribution in [2.75, 3.05) is 0 Å². The lowest BCUT2D eigenvalue weighted by Gasteiger charge is -2.49. The highest BCUT2D eigenvalue weighted by Gasteiger charge is 2.56. The molecule has 0 aromatic heterocycles. The van der Waals surface area contributed by atoms with Crippen LogP contribution in [0.15, 0.2) is 24.3 Å². The third-order valence-corrected chi connectivity index (χ3v) is 7.51. The van der Waals surface area contributed by atoms with Crippen LogP contribution in [0.3, 0.4) is 0 Å². The predicted molar refractivity (Wildman–Crippen MR) is 90.4 cm³/mol. The molecule has 0 bridgehead atoms. The summed E-state index contributed by atoms with van der Waals surface area (Å²) in [6.07, 6.45) is 5.06. The maximum absolute atomic E-state index is 10.7. The summed E-state index contributed by atoms with van der Waals surface area (Å²) in [4.78, 5) is 0. The second-order valence-electron chi connectivity index (χ2n) is 8.93. The van der Waals surface area contributed by atoms with Gasteiger partial charge in [-0.25, -0.2) is 0 Å². The second-order valence-corrected chi connectivity index (χ2v) is 8.93. The fourth-order valence-electron chi connectivity index (χ4n) is 6.02. The largest absolute Gasteiger partial charge is 0.390 e. The molecule has 3 aliphatic rings. The standard InChI is InChI=1S/C20H32O2/c1-12(2)14-6-8-19(4)11-16-13(3)10-17(21)18(22)20(16,5)9-7-15(14)19/h14-18,21-22H,1,3,6-11H2,2,4-5H3. The topological polar surface area (TPSA) is 40.5 Å². The summed E-state index contributed by atoms with van der Waals surface area (Å²) in [6.45, 7) is 15.3. The molecule has 2 nitrogen and oxygen atoms in total. The summed E-state index contributed by atoms with van der Waals surface area (Å²) < 4.78 is 0. The molecular weight excluding hydrogens is 272 g/mol. The van der Waals surface area contributed by atoms with Crippen LogP contribution in [0.4, 0.5) is 0 Å². The van der Waals surface area contributed by atoms with Gasteiger partial charge in [-0.15, -0.1) is 0 Å². The molecular formula is C20H32O2. The van der Waals surface area contributed by atoms with Gasteiger partial charge in [-0.05, 0) is 68.6 Å². The van der Waals surface area contributed by atoms with E-state index in [-0.39, 0.29) is 5.41 Å². The Kier molecular flexibility index (Phi) is 3.85. The first-order chi connectivity index (χ1) is 10.2. The van der Waals surface area contributed by atoms with E-state index in [1.807, 2.05) is 0 Å². The number of allylic oxidation sites excluding steroid dienone is 1. The quantitative estimate of drug-likeness (QED) is 0.717. The summed E-state index contributed by atoms with van der Waals surface area (Å²) in [7, 11) is 0. The summed E-state index contributed by atoms with van der Waals surface area (Å²) >= 11 is 0. The van der Waals surface area contributed by atoms with Crippen LogP contribution in [0, 0.1) is 28.6 Å². The van der Waals surface area contributed by atoms with Crippen molar-refractivity contribution in [2.24, 2.45) is 28.6 Å². The Morgan fingerprint density at radius 2 is 1.86 bits per heavy atom. The first-order valence-corrected chi connectivity index (χ1v) is 8.88. The smallest absolute Gasteiger partial charge is 0.0861 e. The average molecular weight is 304 g/mol. The zero-order chi connectivity index (χ0) is 16.3. The van der Waals surface area contributed by atoms with Crippen LogP contribution in [0.1, 0.15) is 59.3 Å². The maximum atomic E-state index is 10.7. The predicted octanol–water partition coefficient (Wildman–Crippen LogP) is 4.08. The van der Waals surface area contributed by atoms with E-state index < -0.39 is 12.2 Å². The normalized spacial score (nSPS) is 51.9. The van der Waals surface area contributed by atoms with Gasteiger partial charge in [0.2, 0.25) is 0 Å². The monoisotopic (exact) mass is 304 g/mol. The molecule has 124 valence electrons. The van der Waals surface area contributed by atoms with Crippen LogP contribution in [0.5, 0.6) is 0 Å². The molecule has 3 rings (SSSR count). The Labute approximate surface area is 135 Å². The molecule has 2 heteroatoms. The van der Waals surface area contributed by atoms with Gasteiger partial charge in [-0.1, -0.05) is 38.2 Å². The van der Waals surface area contributed by atoms with Gasteiger partial charge >= 0.3 is 0 Å². The molecule has 3 saturated carbocycles. The minimum Gasteiger partial charge on any atom is -0.390 e. The molecule has 3 aliphatic carbocycles. The highest BCUT2D eigenvalue weighted by Crippen LogP contribution is 2.62. The highest BCUT2D eigenvalue weighted by molar-refractivity contribution is 5.20. The Morgan fingerprint density at radius 1 is 1.18 bits per heavy atom. The van der Waals surface area contributed by atoms with E-state index in [1.165, 1.54) is 18.4 Å². The van der Waals surface area contributed by atoms with Crippen LogP contribution in [-0.2, 0) is 0 Å². The van der Waals surface area contributed by atoms with Gasteiger partial charge < -0.3 is 10.2 Å². The SMILES string of the molecule is C=C(C)C1CCC2(C)CC3C(=C)CC(O)C(O)C3(C)CCC12. The molecule has 0 heterocycles. The Balaban J connectivity index is 1.96. The van der Waals surface area contributed by atoms with Gasteiger partial charge in [-0.3, -0.25) is 0 Å². The molecule has 0 aromatic rings. The molecule has 0 amide bonds. The van der Waals surface area contributed by atoms with E-state index in [1.54, 1.807) is 0 Å². The van der Waals surface area contributed by atoms with Crippen molar-refractivity contribution in [1.29, 1.82) is 0 Å². The number of aliphatic hydroxyl groups excluding tert-OH is 2. The molecule has 0 aromatic carbocycles. The maximum Gasteiger partial charge on any atom is 0.0861 e. The number of fused-ring (bicyclic) bond motifs is 2. The van der Waals surface area contributed by atoms with Gasteiger partial charge in [0, 0.05) is 5.41 Å². The number of aliphatic hydroxyl groups is 2. The molecule has 3 fully saturated rings. The summed E-state index contributed by atoms with van der Waals surface area (Å²) in [5, 5.41) is 20.9. The van der Waals surface area contributed by atoms with E-state index in [0.717, 1.165) is 24.8 Å². The van der Waals surface area contributed by atoms with Crippen molar-refractivity contribution in [2.45, 2.75) is 71.5 Å². The summed E-state index contributed by atoms with van der Waals surface area (Å²) in [5.74, 6) is 1.64. The highest BCUT2D eigenvalue weighted by atomic mass is 16.3. The molecule has 0 aliphatic heterocycles. The fourth-order valence-corrected chi connectivity index (χ4v) is 6.02. The lowest BCUT2D eigenvalue weighted by atomic mass is 9.59. The number of hydrogen-bond acceptors (Lipinski definition) is 2. The minimum absolute atomic E-state index is 0.221. The van der Waals surface area contributed by atoms with Crippen molar-refractivity contribution in [1.82, 2.24) is 0 Å². The molecule has 0 spiro atoms. The third kappa shape index (κ3) is 2.22. The van der Waals surface area contributed by atoms with Crippen molar-refractivity contribution < 1.29 is 10.2 Å². The molecule has 22 heavy (non-hydrogen) atoms. The first kappa shape index (κ1) is 16.3. The molecule has 7 unspecified atom stereocenters. The molecule has 0 saturated heterocycles. The third-order valence-electron chi connectivity index (χ3n) is 7.51. The van der Waals surface area contributed by atoms with Crippen LogP contribution < -0.4 is 0 Å².